The van der Waals surface area contributed by atoms with Crippen LogP contribution in [0.1, 0.15) is 0 Å². The van der Waals surface area contributed by atoms with Gasteiger partial charge in [-0.3, -0.25) is 0 Å². The fourth-order valence-electron chi connectivity index (χ4n) is 0. The molecule has 2 radical (unpaired) electrons. The first-order chi connectivity index (χ1) is 1.00. The molecule has 5 heteroatoms. The van der Waals surface area contributed by atoms with Gasteiger partial charge in [-0.2, -0.15) is 0 Å². The van der Waals surface area contributed by atoms with E-state index < -0.39 is 0 Å². The van der Waals surface area contributed by atoms with Gasteiger partial charge in [-0.05, 0) is 0 Å². The molecule has 0 fully saturated rings. The first-order valence-electron chi connectivity index (χ1n) is 0.316. The van der Waals surface area contributed by atoms with Gasteiger partial charge in [-0.15, -0.1) is 0 Å². The summed E-state index contributed by atoms with van der Waals surface area (Å²) in [5.74, 6) is 0. The molecule has 0 spiro atoms. The minimum atomic E-state index is 0. The molecule has 0 bridgehead atoms. The molecule has 0 nitrogen and oxygen atoms in total. The molecule has 0 aliphatic carbocycles. The largest absolute Gasteiger partial charge is 0 e. The SMILES string of the molecule is [BH2][Ni].[Cu].[Nb].[Ti]. The summed E-state index contributed by atoms with van der Waals surface area (Å²) in [5.41, 5.74) is 0. The van der Waals surface area contributed by atoms with E-state index in [-0.39, 0.29) is 61.2 Å². The van der Waals surface area contributed by atoms with Crippen LogP contribution >= 0.6 is 0 Å². The Hall–Kier alpha value is 2.53. The molecule has 0 rings (SSSR count). The van der Waals surface area contributed by atoms with Gasteiger partial charge < -0.3 is 0 Å². The molecule has 0 aliphatic heterocycles. The second kappa shape index (κ2) is 31.2. The van der Waals surface area contributed by atoms with Crippen molar-refractivity contribution in [3.8, 4) is 0 Å². The summed E-state index contributed by atoms with van der Waals surface area (Å²) in [6.07, 6.45) is 0. The van der Waals surface area contributed by atoms with Crippen molar-refractivity contribution < 1.29 is 76.5 Å². The third-order valence-corrected chi connectivity index (χ3v) is 0. The molecule has 0 aromatic carbocycles. The number of hydrogen-bond acceptors (Lipinski definition) is 0. The van der Waals surface area contributed by atoms with E-state index in [9.17, 15) is 0 Å². The Morgan fingerprint density at radius 1 is 1.20 bits per heavy atom. The zero-order valence-electron chi connectivity index (χ0n) is 2.56. The predicted molar refractivity (Wildman–Crippen MR) is 8.54 cm³/mol. The van der Waals surface area contributed by atoms with Gasteiger partial charge in [-0.25, -0.2) is 0 Å². The standard InChI is InChI=1S/BH2.Cu.Nb.Ni.Ti/h1H2;;;;/q+1;;;-1;. The fraction of sp³-hybridized carbons (Fsp3) is 0. The van der Waals surface area contributed by atoms with E-state index in [0.717, 1.165) is 0 Å². The molecule has 0 unspecified atom stereocenters. The van der Waals surface area contributed by atoms with Crippen LogP contribution in [0.3, 0.4) is 0 Å². The van der Waals surface area contributed by atoms with Crippen LogP contribution in [-0.4, -0.2) is 6.74 Å². The first kappa shape index (κ1) is 25.8. The van der Waals surface area contributed by atoms with Gasteiger partial charge in [0.1, 0.15) is 0 Å². The Morgan fingerprint density at radius 2 is 1.20 bits per heavy atom. The molecule has 0 saturated carbocycles. The Bertz CT molecular complexity index is 11.6. The van der Waals surface area contributed by atoms with Crippen molar-refractivity contribution in [2.45, 2.75) is 0 Å². The van der Waals surface area contributed by atoms with Crippen LogP contribution < -0.4 is 0 Å². The first-order valence-corrected chi connectivity index (χ1v) is 1.30. The van der Waals surface area contributed by atoms with Gasteiger partial charge in [0, 0.05) is 61.2 Å². The Kier molecular flexibility index (Phi) is 161. The zero-order valence-corrected chi connectivity index (χ0v) is 8.25. The summed E-state index contributed by atoms with van der Waals surface area (Å²) in [6.45, 7) is 1.62. The molecule has 0 heterocycles. The van der Waals surface area contributed by atoms with Crippen molar-refractivity contribution in [1.29, 1.82) is 0 Å². The third-order valence-electron chi connectivity index (χ3n) is 0. The Morgan fingerprint density at radius 3 is 1.20 bits per heavy atom. The molecular weight excluding hydrogens is 274 g/mol. The average molecular weight is 276 g/mol. The summed E-state index contributed by atoms with van der Waals surface area (Å²) < 4.78 is 0. The summed E-state index contributed by atoms with van der Waals surface area (Å²) >= 11 is 3.88. The summed E-state index contributed by atoms with van der Waals surface area (Å²) in [6, 6.07) is 0. The molecule has 5 heavy (non-hydrogen) atoms. The van der Waals surface area contributed by atoms with Crippen LogP contribution in [-0.2, 0) is 76.5 Å². The van der Waals surface area contributed by atoms with Gasteiger partial charge in [0.05, 0.1) is 0 Å². The average Bonchev–Trinajstić information content (AvgIpc) is 1.00. The van der Waals surface area contributed by atoms with Gasteiger partial charge in [-0.1, -0.05) is 0 Å². The monoisotopic (exact) mass is 275 g/mol. The fourth-order valence-corrected chi connectivity index (χ4v) is 0. The van der Waals surface area contributed by atoms with Crippen LogP contribution in [0.15, 0.2) is 0 Å². The smallest absolute Gasteiger partial charge is 0 e. The van der Waals surface area contributed by atoms with Crippen LogP contribution in [0, 0.1) is 0 Å². The molecule has 0 aromatic heterocycles. The van der Waals surface area contributed by atoms with Crippen molar-refractivity contribution in [3.63, 3.8) is 0 Å². The van der Waals surface area contributed by atoms with Crippen molar-refractivity contribution in [2.24, 2.45) is 0 Å². The molecule has 0 saturated heterocycles. The topological polar surface area (TPSA) is 0 Å². The quantitative estimate of drug-likeness (QED) is 0.502. The van der Waals surface area contributed by atoms with E-state index in [1.165, 1.54) is 0 Å². The summed E-state index contributed by atoms with van der Waals surface area (Å²) in [4.78, 5) is 0. The van der Waals surface area contributed by atoms with Crippen molar-refractivity contribution >= 4 is 6.74 Å². The van der Waals surface area contributed by atoms with Crippen molar-refractivity contribution in [3.05, 3.63) is 0 Å². The minimum absolute atomic E-state index is 0. The van der Waals surface area contributed by atoms with E-state index in [1.807, 2.05) is 0 Å². The number of hydrogen-bond donors (Lipinski definition) is 0. The second-order valence-corrected chi connectivity index (χ2v) is 0. The predicted octanol–water partition coefficient (Wildman–Crippen LogP) is -0.926. The molecular formula is H2BCuNbNiTi. The van der Waals surface area contributed by atoms with E-state index >= 15 is 0 Å². The van der Waals surface area contributed by atoms with E-state index in [4.69, 9.17) is 0 Å². The van der Waals surface area contributed by atoms with Crippen molar-refractivity contribution in [2.75, 3.05) is 0 Å². The molecule has 0 N–H and O–H groups in total. The molecule has 0 atom stereocenters. The zero-order chi connectivity index (χ0) is 2.00. The summed E-state index contributed by atoms with van der Waals surface area (Å²) in [5, 5.41) is 0. The maximum atomic E-state index is 3.88. The van der Waals surface area contributed by atoms with E-state index in [1.54, 1.807) is 6.74 Å². The van der Waals surface area contributed by atoms with Gasteiger partial charge in [0.15, 0.2) is 0 Å². The van der Waals surface area contributed by atoms with E-state index in [0.29, 0.717) is 0 Å². The Balaban J connectivity index is -0.00000000167. The molecule has 0 amide bonds. The molecule has 0 aliphatic rings. The maximum absolute atomic E-state index is 3.88. The van der Waals surface area contributed by atoms with Gasteiger partial charge in [0.25, 0.3) is 0 Å². The van der Waals surface area contributed by atoms with Crippen molar-refractivity contribution in [1.82, 2.24) is 0 Å². The van der Waals surface area contributed by atoms with Gasteiger partial charge >= 0.3 is 22.0 Å². The maximum Gasteiger partial charge on any atom is 0 e. The van der Waals surface area contributed by atoms with Crippen LogP contribution in [0.5, 0.6) is 0 Å². The molecule has 0 aromatic rings. The second-order valence-electron chi connectivity index (χ2n) is 0. The van der Waals surface area contributed by atoms with Crippen LogP contribution in [0.4, 0.5) is 0 Å². The summed E-state index contributed by atoms with van der Waals surface area (Å²) in [7, 11) is 0. The number of rotatable bonds is 0. The van der Waals surface area contributed by atoms with Crippen LogP contribution in [0.25, 0.3) is 0 Å². The molecule has 35 valence electrons. The Labute approximate surface area is 82.1 Å². The third kappa shape index (κ3) is 20.9. The van der Waals surface area contributed by atoms with Crippen LogP contribution in [0.2, 0.25) is 0 Å². The normalized spacial score (nSPS) is 1.20. The van der Waals surface area contributed by atoms with E-state index in [2.05, 4.69) is 15.3 Å². The minimum Gasteiger partial charge on any atom is 0 e. The van der Waals surface area contributed by atoms with Gasteiger partial charge in [0.2, 0.25) is 0 Å².